The van der Waals surface area contributed by atoms with Crippen LogP contribution in [0.3, 0.4) is 0 Å². The number of nitrogens with one attached hydrogen (secondary N) is 1. The molecule has 0 fully saturated rings. The van der Waals surface area contributed by atoms with Crippen molar-refractivity contribution in [2.45, 2.75) is 27.2 Å². The van der Waals surface area contributed by atoms with Gasteiger partial charge in [-0.3, -0.25) is 0 Å². The number of ether oxygens (including phenoxy) is 1. The van der Waals surface area contributed by atoms with Gasteiger partial charge in [-0.15, -0.1) is 0 Å². The molecule has 1 aromatic carbocycles. The first-order valence-electron chi connectivity index (χ1n) is 5.27. The second-order valence-electron chi connectivity index (χ2n) is 3.68. The van der Waals surface area contributed by atoms with Crippen LogP contribution >= 0.6 is 15.9 Å². The molecule has 0 aromatic heterocycles. The molecule has 4 heteroatoms. The average molecular weight is 286 g/mol. The number of halogens is 1. The average Bonchev–Trinajstić information content (AvgIpc) is 2.23. The topological polar surface area (TPSA) is 38.3 Å². The monoisotopic (exact) mass is 285 g/mol. The largest absolute Gasteiger partial charge is 0.412 e. The standard InChI is InChI=1S/C12H16BrNO2/c1-4-5-14-12(15)16-11-7-8(2)10(13)6-9(11)3/h6-7H,4-5H2,1-3H3,(H,14,15). The lowest BCUT2D eigenvalue weighted by Gasteiger charge is -2.10. The minimum Gasteiger partial charge on any atom is -0.410 e. The SMILES string of the molecule is CCCNC(=O)Oc1cc(C)c(Br)cc1C. The van der Waals surface area contributed by atoms with Crippen LogP contribution in [0.1, 0.15) is 24.5 Å². The molecule has 3 nitrogen and oxygen atoms in total. The molecule has 1 amide bonds. The molecule has 0 radical (unpaired) electrons. The van der Waals surface area contributed by atoms with Crippen LogP contribution in [0.4, 0.5) is 4.79 Å². The Morgan fingerprint density at radius 3 is 2.69 bits per heavy atom. The van der Waals surface area contributed by atoms with Crippen LogP contribution in [0.2, 0.25) is 0 Å². The van der Waals surface area contributed by atoms with Crippen LogP contribution in [-0.4, -0.2) is 12.6 Å². The molecule has 0 aliphatic rings. The van der Waals surface area contributed by atoms with Crippen LogP contribution < -0.4 is 10.1 Å². The summed E-state index contributed by atoms with van der Waals surface area (Å²) in [6, 6.07) is 3.79. The summed E-state index contributed by atoms with van der Waals surface area (Å²) in [4.78, 5) is 11.4. The fourth-order valence-electron chi connectivity index (χ4n) is 1.23. The van der Waals surface area contributed by atoms with Gasteiger partial charge in [-0.05, 0) is 43.5 Å². The number of hydrogen-bond acceptors (Lipinski definition) is 2. The van der Waals surface area contributed by atoms with E-state index in [1.54, 1.807) is 0 Å². The van der Waals surface area contributed by atoms with E-state index in [0.29, 0.717) is 12.3 Å². The molecule has 88 valence electrons. The number of hydrogen-bond donors (Lipinski definition) is 1. The highest BCUT2D eigenvalue weighted by molar-refractivity contribution is 9.10. The summed E-state index contributed by atoms with van der Waals surface area (Å²) in [7, 11) is 0. The highest BCUT2D eigenvalue weighted by Gasteiger charge is 2.08. The fourth-order valence-corrected chi connectivity index (χ4v) is 1.69. The van der Waals surface area contributed by atoms with E-state index < -0.39 is 6.09 Å². The molecule has 0 heterocycles. The van der Waals surface area contributed by atoms with Crippen molar-refractivity contribution in [2.75, 3.05) is 6.54 Å². The zero-order valence-corrected chi connectivity index (χ0v) is 11.3. The molecule has 1 rings (SSSR count). The van der Waals surface area contributed by atoms with Crippen LogP contribution in [0.25, 0.3) is 0 Å². The second kappa shape index (κ2) is 5.89. The van der Waals surface area contributed by atoms with Gasteiger partial charge in [-0.2, -0.15) is 0 Å². The zero-order valence-electron chi connectivity index (χ0n) is 9.76. The summed E-state index contributed by atoms with van der Waals surface area (Å²) in [6.45, 7) is 6.50. The fraction of sp³-hybridized carbons (Fsp3) is 0.417. The molecule has 0 aliphatic heterocycles. The van der Waals surface area contributed by atoms with Gasteiger partial charge >= 0.3 is 6.09 Å². The van der Waals surface area contributed by atoms with Crippen molar-refractivity contribution < 1.29 is 9.53 Å². The number of amides is 1. The third-order valence-electron chi connectivity index (χ3n) is 2.18. The molecule has 0 spiro atoms. The van der Waals surface area contributed by atoms with E-state index in [9.17, 15) is 4.79 Å². The van der Waals surface area contributed by atoms with Crippen LogP contribution in [0.5, 0.6) is 5.75 Å². The summed E-state index contributed by atoms with van der Waals surface area (Å²) < 4.78 is 6.23. The molecule has 1 N–H and O–H groups in total. The Bertz CT molecular complexity index is 391. The lowest BCUT2D eigenvalue weighted by atomic mass is 10.1. The third-order valence-corrected chi connectivity index (χ3v) is 3.03. The summed E-state index contributed by atoms with van der Waals surface area (Å²) in [6.07, 6.45) is 0.500. The van der Waals surface area contributed by atoms with E-state index in [1.807, 2.05) is 32.9 Å². The van der Waals surface area contributed by atoms with E-state index >= 15 is 0 Å². The lowest BCUT2D eigenvalue weighted by Crippen LogP contribution is -2.27. The first-order chi connectivity index (χ1) is 7.54. The van der Waals surface area contributed by atoms with E-state index in [0.717, 1.165) is 22.0 Å². The molecule has 0 unspecified atom stereocenters. The molecule has 0 saturated heterocycles. The van der Waals surface area contributed by atoms with Gasteiger partial charge < -0.3 is 10.1 Å². The van der Waals surface area contributed by atoms with Gasteiger partial charge in [0.2, 0.25) is 0 Å². The molecule has 0 bridgehead atoms. The van der Waals surface area contributed by atoms with E-state index in [1.165, 1.54) is 0 Å². The molecule has 0 atom stereocenters. The highest BCUT2D eigenvalue weighted by atomic mass is 79.9. The Balaban J connectivity index is 2.73. The molecule has 16 heavy (non-hydrogen) atoms. The molecular formula is C12H16BrNO2. The van der Waals surface area contributed by atoms with Gasteiger partial charge in [0.05, 0.1) is 0 Å². The van der Waals surface area contributed by atoms with Gasteiger partial charge in [0.25, 0.3) is 0 Å². The minimum atomic E-state index is -0.397. The van der Waals surface area contributed by atoms with E-state index in [4.69, 9.17) is 4.74 Å². The predicted octanol–water partition coefficient (Wildman–Crippen LogP) is 3.56. The Morgan fingerprint density at radius 2 is 2.06 bits per heavy atom. The summed E-state index contributed by atoms with van der Waals surface area (Å²) in [5.41, 5.74) is 1.98. The van der Waals surface area contributed by atoms with Crippen molar-refractivity contribution in [3.63, 3.8) is 0 Å². The van der Waals surface area contributed by atoms with E-state index in [-0.39, 0.29) is 0 Å². The van der Waals surface area contributed by atoms with Crippen molar-refractivity contribution in [2.24, 2.45) is 0 Å². The Kier molecular flexibility index (Phi) is 4.80. The molecule has 1 aromatic rings. The Labute approximate surface area is 104 Å². The first kappa shape index (κ1) is 13.0. The summed E-state index contributed by atoms with van der Waals surface area (Å²) in [5.74, 6) is 0.606. The Hall–Kier alpha value is -1.03. The van der Waals surface area contributed by atoms with Crippen LogP contribution in [0.15, 0.2) is 16.6 Å². The lowest BCUT2D eigenvalue weighted by molar-refractivity contribution is 0.200. The maximum atomic E-state index is 11.4. The number of benzene rings is 1. The van der Waals surface area contributed by atoms with Crippen molar-refractivity contribution in [1.29, 1.82) is 0 Å². The molecule has 0 saturated carbocycles. The first-order valence-corrected chi connectivity index (χ1v) is 6.06. The van der Waals surface area contributed by atoms with Gasteiger partial charge in [0.15, 0.2) is 0 Å². The third kappa shape index (κ3) is 3.52. The molecular weight excluding hydrogens is 270 g/mol. The van der Waals surface area contributed by atoms with Gasteiger partial charge in [0.1, 0.15) is 5.75 Å². The summed E-state index contributed by atoms with van der Waals surface area (Å²) >= 11 is 3.43. The number of carbonyl (C=O) groups is 1. The van der Waals surface area contributed by atoms with Gasteiger partial charge in [-0.1, -0.05) is 22.9 Å². The van der Waals surface area contributed by atoms with Gasteiger partial charge in [-0.25, -0.2) is 4.79 Å². The van der Waals surface area contributed by atoms with Crippen molar-refractivity contribution in [1.82, 2.24) is 5.32 Å². The van der Waals surface area contributed by atoms with Crippen LogP contribution in [-0.2, 0) is 0 Å². The van der Waals surface area contributed by atoms with Crippen LogP contribution in [0, 0.1) is 13.8 Å². The van der Waals surface area contributed by atoms with Crippen molar-refractivity contribution >= 4 is 22.0 Å². The maximum absolute atomic E-state index is 11.4. The number of rotatable bonds is 3. The maximum Gasteiger partial charge on any atom is 0.412 e. The highest BCUT2D eigenvalue weighted by Crippen LogP contribution is 2.26. The van der Waals surface area contributed by atoms with E-state index in [2.05, 4.69) is 21.2 Å². The normalized spacial score (nSPS) is 10.0. The Morgan fingerprint density at radius 1 is 1.38 bits per heavy atom. The van der Waals surface area contributed by atoms with Crippen molar-refractivity contribution in [3.8, 4) is 5.75 Å². The zero-order chi connectivity index (χ0) is 12.1. The number of carbonyl (C=O) groups excluding carboxylic acids is 1. The van der Waals surface area contributed by atoms with Gasteiger partial charge in [0, 0.05) is 11.0 Å². The number of aryl methyl sites for hydroxylation is 2. The molecule has 0 aliphatic carbocycles. The quantitative estimate of drug-likeness (QED) is 0.922. The van der Waals surface area contributed by atoms with Crippen molar-refractivity contribution in [3.05, 3.63) is 27.7 Å². The smallest absolute Gasteiger partial charge is 0.410 e. The minimum absolute atomic E-state index is 0.397. The predicted molar refractivity (Wildman–Crippen MR) is 67.9 cm³/mol. The summed E-state index contributed by atoms with van der Waals surface area (Å²) in [5, 5.41) is 2.67. The second-order valence-corrected chi connectivity index (χ2v) is 4.54.